The molecule has 2 aromatic rings. The van der Waals surface area contributed by atoms with Crippen LogP contribution < -0.4 is 9.46 Å². The smallest absolute Gasteiger partial charge is 0.268 e. The Morgan fingerprint density at radius 1 is 0.867 bits per heavy atom. The lowest BCUT2D eigenvalue weighted by Gasteiger charge is -2.29. The number of anilines is 1. The predicted octanol–water partition coefficient (Wildman–Crippen LogP) is 3.46. The summed E-state index contributed by atoms with van der Waals surface area (Å²) in [6.07, 6.45) is 0. The highest BCUT2D eigenvalue weighted by Gasteiger charge is 2.41. The van der Waals surface area contributed by atoms with Gasteiger partial charge in [-0.2, -0.15) is 0 Å². The van der Waals surface area contributed by atoms with E-state index in [1.54, 1.807) is 61.2 Å². The summed E-state index contributed by atoms with van der Waals surface area (Å²) >= 11 is 0. The van der Waals surface area contributed by atoms with Crippen molar-refractivity contribution in [3.8, 4) is 5.75 Å². The summed E-state index contributed by atoms with van der Waals surface area (Å²) in [4.78, 5) is 27.5. The molecule has 0 aliphatic heterocycles. The number of benzene rings is 2. The van der Waals surface area contributed by atoms with Gasteiger partial charge >= 0.3 is 0 Å². The zero-order valence-corrected chi connectivity index (χ0v) is 18.0. The van der Waals surface area contributed by atoms with E-state index in [0.717, 1.165) is 0 Å². The summed E-state index contributed by atoms with van der Waals surface area (Å²) in [5, 5.41) is 0. The predicted molar refractivity (Wildman–Crippen MR) is 115 cm³/mol. The van der Waals surface area contributed by atoms with E-state index < -0.39 is 26.5 Å². The van der Waals surface area contributed by atoms with Gasteiger partial charge in [0.2, 0.25) is 11.6 Å². The number of likely N-dealkylation sites (N-methyl/N-ethyl adjacent to an activating group) is 1. The van der Waals surface area contributed by atoms with Crippen LogP contribution in [0.5, 0.6) is 5.75 Å². The van der Waals surface area contributed by atoms with Crippen molar-refractivity contribution in [2.24, 2.45) is 0 Å². The number of carbonyl (C=O) groups is 2. The van der Waals surface area contributed by atoms with Gasteiger partial charge in [-0.1, -0.05) is 24.3 Å². The molecule has 1 N–H and O–H groups in total. The average Bonchev–Trinajstić information content (AvgIpc) is 2.73. The number of ether oxygens (including phenoxy) is 1. The van der Waals surface area contributed by atoms with Crippen molar-refractivity contribution in [3.05, 3.63) is 70.3 Å². The maximum Gasteiger partial charge on any atom is 0.268 e. The maximum absolute atomic E-state index is 13.3. The van der Waals surface area contributed by atoms with Crippen LogP contribution in [0, 0.1) is 0 Å². The quantitative estimate of drug-likeness (QED) is 0.692. The van der Waals surface area contributed by atoms with E-state index in [0.29, 0.717) is 25.4 Å². The zero-order valence-electron chi connectivity index (χ0n) is 17.1. The fourth-order valence-corrected chi connectivity index (χ4v) is 4.79. The third-order valence-corrected chi connectivity index (χ3v) is 6.24. The van der Waals surface area contributed by atoms with Crippen LogP contribution in [0.3, 0.4) is 0 Å². The van der Waals surface area contributed by atoms with Gasteiger partial charge in [-0.25, -0.2) is 8.42 Å². The summed E-state index contributed by atoms with van der Waals surface area (Å²) in [5.41, 5.74) is 0.473. The Kier molecular flexibility index (Phi) is 6.26. The van der Waals surface area contributed by atoms with E-state index in [1.807, 2.05) is 6.92 Å². The Hall–Kier alpha value is -3.13. The molecule has 0 saturated carbocycles. The van der Waals surface area contributed by atoms with Crippen molar-refractivity contribution >= 4 is 27.3 Å². The van der Waals surface area contributed by atoms with Crippen molar-refractivity contribution in [1.29, 1.82) is 0 Å². The van der Waals surface area contributed by atoms with Gasteiger partial charge < -0.3 is 9.64 Å². The highest BCUT2D eigenvalue weighted by molar-refractivity contribution is 7.97. The number of ketones is 2. The standard InChI is InChI=1S/C22H24N2O5S/c1-4-24(5-2)19-20(25)17-9-7-8-10-18(17)21(26)22(19)30(27,28)23-15-11-13-16(14-12-15)29-6-3/h7-14,23H,4-6H2,1-3H3. The molecule has 0 amide bonds. The maximum atomic E-state index is 13.3. The number of nitrogens with one attached hydrogen (secondary N) is 1. The Morgan fingerprint density at radius 3 is 1.97 bits per heavy atom. The number of rotatable bonds is 8. The van der Waals surface area contributed by atoms with Gasteiger partial charge in [-0.15, -0.1) is 0 Å². The number of nitrogens with zero attached hydrogens (tertiary/aromatic N) is 1. The molecule has 158 valence electrons. The van der Waals surface area contributed by atoms with E-state index in [-0.39, 0.29) is 22.5 Å². The molecule has 3 rings (SSSR count). The monoisotopic (exact) mass is 428 g/mol. The molecule has 2 aromatic carbocycles. The van der Waals surface area contributed by atoms with Crippen LogP contribution in [0.2, 0.25) is 0 Å². The fraction of sp³-hybridized carbons (Fsp3) is 0.273. The first-order valence-corrected chi connectivity index (χ1v) is 11.3. The fourth-order valence-electron chi connectivity index (χ4n) is 3.41. The van der Waals surface area contributed by atoms with Crippen LogP contribution in [-0.4, -0.2) is 44.6 Å². The molecule has 0 bridgehead atoms. The minimum atomic E-state index is -4.32. The molecule has 8 heteroatoms. The van der Waals surface area contributed by atoms with Crippen LogP contribution in [0.15, 0.2) is 59.1 Å². The molecule has 0 heterocycles. The molecule has 7 nitrogen and oxygen atoms in total. The SMILES string of the molecule is CCOc1ccc(NS(=O)(=O)C2=C(N(CC)CC)C(=O)c3ccccc3C2=O)cc1. The lowest BCUT2D eigenvalue weighted by atomic mass is 9.92. The topological polar surface area (TPSA) is 92.8 Å². The molecule has 30 heavy (non-hydrogen) atoms. The summed E-state index contributed by atoms with van der Waals surface area (Å²) in [5.74, 6) is -0.562. The number of hydrogen-bond donors (Lipinski definition) is 1. The first-order valence-electron chi connectivity index (χ1n) is 9.77. The van der Waals surface area contributed by atoms with Crippen LogP contribution in [0.25, 0.3) is 0 Å². The third kappa shape index (κ3) is 3.95. The number of sulfonamides is 1. The first kappa shape index (κ1) is 21.6. The van der Waals surface area contributed by atoms with E-state index in [4.69, 9.17) is 4.74 Å². The van der Waals surface area contributed by atoms with Crippen molar-refractivity contribution in [2.45, 2.75) is 20.8 Å². The van der Waals surface area contributed by atoms with E-state index in [2.05, 4.69) is 4.72 Å². The third-order valence-electron chi connectivity index (χ3n) is 4.82. The van der Waals surface area contributed by atoms with Gasteiger partial charge in [-0.05, 0) is 45.0 Å². The lowest BCUT2D eigenvalue weighted by Crippen LogP contribution is -2.37. The second-order valence-electron chi connectivity index (χ2n) is 6.62. The Morgan fingerprint density at radius 2 is 1.43 bits per heavy atom. The second-order valence-corrected chi connectivity index (χ2v) is 8.24. The number of allylic oxidation sites excluding steroid dienone is 2. The zero-order chi connectivity index (χ0) is 21.9. The molecule has 0 spiro atoms. The molecule has 1 aliphatic rings. The van der Waals surface area contributed by atoms with Crippen molar-refractivity contribution < 1.29 is 22.7 Å². The molecule has 0 radical (unpaired) electrons. The second kappa shape index (κ2) is 8.71. The van der Waals surface area contributed by atoms with Gasteiger partial charge in [0, 0.05) is 29.9 Å². The molecule has 0 unspecified atom stereocenters. The number of hydrogen-bond acceptors (Lipinski definition) is 6. The molecule has 0 saturated heterocycles. The minimum Gasteiger partial charge on any atom is -0.494 e. The highest BCUT2D eigenvalue weighted by Crippen LogP contribution is 2.32. The van der Waals surface area contributed by atoms with Crippen molar-refractivity contribution in [3.63, 3.8) is 0 Å². The van der Waals surface area contributed by atoms with Crippen LogP contribution in [0.4, 0.5) is 5.69 Å². The molecule has 1 aliphatic carbocycles. The normalized spacial score (nSPS) is 13.8. The molecular formula is C22H24N2O5S. The van der Waals surface area contributed by atoms with Crippen molar-refractivity contribution in [1.82, 2.24) is 4.90 Å². The molecule has 0 atom stereocenters. The summed E-state index contributed by atoms with van der Waals surface area (Å²) < 4.78 is 34.4. The first-order chi connectivity index (χ1) is 14.3. The minimum absolute atomic E-state index is 0.0884. The Labute approximate surface area is 176 Å². The van der Waals surface area contributed by atoms with Gasteiger partial charge in [0.05, 0.1) is 6.61 Å². The van der Waals surface area contributed by atoms with Gasteiger partial charge in [0.15, 0.2) is 4.91 Å². The van der Waals surface area contributed by atoms with Crippen LogP contribution in [0.1, 0.15) is 41.5 Å². The number of Topliss-reactive ketones (excluding diaryl/α,β-unsaturated/α-hetero) is 2. The summed E-state index contributed by atoms with van der Waals surface area (Å²) in [6.45, 7) is 6.71. The highest BCUT2D eigenvalue weighted by atomic mass is 32.2. The number of fused-ring (bicyclic) bond motifs is 1. The molecule has 0 fully saturated rings. The van der Waals surface area contributed by atoms with E-state index in [1.165, 1.54) is 6.07 Å². The summed E-state index contributed by atoms with van der Waals surface area (Å²) in [6, 6.07) is 12.6. The average molecular weight is 429 g/mol. The summed E-state index contributed by atoms with van der Waals surface area (Å²) in [7, 11) is -4.32. The lowest BCUT2D eigenvalue weighted by molar-refractivity contribution is 0.0949. The van der Waals surface area contributed by atoms with Crippen LogP contribution >= 0.6 is 0 Å². The van der Waals surface area contributed by atoms with Gasteiger partial charge in [0.25, 0.3) is 10.0 Å². The van der Waals surface area contributed by atoms with Crippen LogP contribution in [-0.2, 0) is 10.0 Å². The van der Waals surface area contributed by atoms with Gasteiger partial charge in [0.1, 0.15) is 11.4 Å². The molecule has 0 aromatic heterocycles. The molecular weight excluding hydrogens is 404 g/mol. The Balaban J connectivity index is 2.11. The van der Waals surface area contributed by atoms with E-state index >= 15 is 0 Å². The van der Waals surface area contributed by atoms with Crippen molar-refractivity contribution in [2.75, 3.05) is 24.4 Å². The van der Waals surface area contributed by atoms with Gasteiger partial charge in [-0.3, -0.25) is 14.3 Å². The largest absolute Gasteiger partial charge is 0.494 e. The Bertz CT molecular complexity index is 1100. The van der Waals surface area contributed by atoms with E-state index in [9.17, 15) is 18.0 Å². The number of carbonyl (C=O) groups excluding carboxylic acids is 2.